The number of carbonyl (C=O) groups is 2. The second kappa shape index (κ2) is 8.68. The molecule has 1 saturated carbocycles. The molecular formula is C16H20BrN3O2. The van der Waals surface area contributed by atoms with Crippen LogP contribution in [0.1, 0.15) is 44.1 Å². The zero-order valence-electron chi connectivity index (χ0n) is 12.3. The minimum Gasteiger partial charge on any atom is -0.353 e. The summed E-state index contributed by atoms with van der Waals surface area (Å²) >= 11 is 3.36. The summed E-state index contributed by atoms with van der Waals surface area (Å²) in [6.07, 6.45) is 6.90. The third-order valence-electron chi connectivity index (χ3n) is 3.54. The normalized spacial score (nSPS) is 15.7. The molecule has 0 unspecified atom stereocenters. The average Bonchev–Trinajstić information content (AvgIpc) is 2.48. The van der Waals surface area contributed by atoms with Crippen molar-refractivity contribution in [3.8, 4) is 0 Å². The molecule has 6 heteroatoms. The number of nitrogens with one attached hydrogen (secondary N) is 2. The van der Waals surface area contributed by atoms with Gasteiger partial charge in [0.05, 0.1) is 6.21 Å². The molecule has 5 nitrogen and oxygen atoms in total. The maximum absolute atomic E-state index is 11.8. The predicted molar refractivity (Wildman–Crippen MR) is 89.5 cm³/mol. The molecule has 1 aliphatic rings. The Balaban J connectivity index is 1.71. The van der Waals surface area contributed by atoms with E-state index in [9.17, 15) is 9.59 Å². The number of hydrazone groups is 1. The first kappa shape index (κ1) is 16.7. The van der Waals surface area contributed by atoms with Crippen molar-refractivity contribution in [2.45, 2.75) is 44.6 Å². The summed E-state index contributed by atoms with van der Waals surface area (Å²) in [5.74, 6) is -0.637. The first-order chi connectivity index (χ1) is 10.6. The lowest BCUT2D eigenvalue weighted by atomic mass is 9.95. The summed E-state index contributed by atoms with van der Waals surface area (Å²) in [5, 5.41) is 6.76. The van der Waals surface area contributed by atoms with Crippen LogP contribution >= 0.6 is 15.9 Å². The maximum Gasteiger partial charge on any atom is 0.249 e. The van der Waals surface area contributed by atoms with Crippen molar-refractivity contribution in [1.29, 1.82) is 0 Å². The van der Waals surface area contributed by atoms with Gasteiger partial charge in [-0.2, -0.15) is 5.10 Å². The van der Waals surface area contributed by atoms with Crippen LogP contribution < -0.4 is 10.7 Å². The van der Waals surface area contributed by atoms with Gasteiger partial charge >= 0.3 is 0 Å². The number of halogens is 1. The Bertz CT molecular complexity index is 554. The Kier molecular flexibility index (Phi) is 6.58. The molecule has 0 radical (unpaired) electrons. The van der Waals surface area contributed by atoms with Crippen LogP contribution in [0.25, 0.3) is 0 Å². The van der Waals surface area contributed by atoms with E-state index in [-0.39, 0.29) is 18.4 Å². The van der Waals surface area contributed by atoms with Crippen molar-refractivity contribution < 1.29 is 9.59 Å². The average molecular weight is 366 g/mol. The quantitative estimate of drug-likeness (QED) is 0.478. The summed E-state index contributed by atoms with van der Waals surface area (Å²) in [7, 11) is 0. The second-order valence-corrected chi connectivity index (χ2v) is 6.34. The Labute approximate surface area is 138 Å². The number of carbonyl (C=O) groups excluding carboxylic acids is 2. The second-order valence-electron chi connectivity index (χ2n) is 5.43. The molecule has 0 bridgehead atoms. The summed E-state index contributed by atoms with van der Waals surface area (Å²) in [4.78, 5) is 23.4. The molecule has 1 aromatic carbocycles. The highest BCUT2D eigenvalue weighted by Gasteiger charge is 2.17. The minimum atomic E-state index is -0.403. The summed E-state index contributed by atoms with van der Waals surface area (Å²) in [6, 6.07) is 7.76. The van der Waals surface area contributed by atoms with Crippen LogP contribution in [-0.2, 0) is 9.59 Å². The van der Waals surface area contributed by atoms with Gasteiger partial charge in [0, 0.05) is 10.5 Å². The maximum atomic E-state index is 11.8. The molecule has 0 atom stereocenters. The van der Waals surface area contributed by atoms with Gasteiger partial charge in [-0.25, -0.2) is 5.43 Å². The third kappa shape index (κ3) is 5.97. The number of hydrogen-bond acceptors (Lipinski definition) is 3. The minimum absolute atomic E-state index is 0.188. The van der Waals surface area contributed by atoms with E-state index in [0.29, 0.717) is 0 Å². The smallest absolute Gasteiger partial charge is 0.249 e. The third-order valence-corrected chi connectivity index (χ3v) is 4.04. The topological polar surface area (TPSA) is 70.6 Å². The van der Waals surface area contributed by atoms with Gasteiger partial charge in [0.15, 0.2) is 0 Å². The van der Waals surface area contributed by atoms with Crippen LogP contribution in [0.3, 0.4) is 0 Å². The first-order valence-electron chi connectivity index (χ1n) is 7.50. The highest BCUT2D eigenvalue weighted by molar-refractivity contribution is 9.10. The van der Waals surface area contributed by atoms with E-state index in [1.165, 1.54) is 6.42 Å². The van der Waals surface area contributed by atoms with Crippen molar-refractivity contribution in [1.82, 2.24) is 10.7 Å². The zero-order valence-corrected chi connectivity index (χ0v) is 13.9. The molecule has 118 valence electrons. The van der Waals surface area contributed by atoms with E-state index in [4.69, 9.17) is 0 Å². The van der Waals surface area contributed by atoms with Crippen molar-refractivity contribution in [3.05, 3.63) is 34.3 Å². The molecule has 0 aromatic heterocycles. The predicted octanol–water partition coefficient (Wildman–Crippen LogP) is 2.74. The van der Waals surface area contributed by atoms with Crippen molar-refractivity contribution in [2.75, 3.05) is 0 Å². The van der Waals surface area contributed by atoms with Gasteiger partial charge in [0.25, 0.3) is 0 Å². The fourth-order valence-electron chi connectivity index (χ4n) is 2.48. The molecule has 1 aromatic rings. The lowest BCUT2D eigenvalue weighted by molar-refractivity contribution is -0.129. The number of hydrogen-bond donors (Lipinski definition) is 2. The molecule has 2 N–H and O–H groups in total. The fourth-order valence-corrected chi connectivity index (χ4v) is 2.89. The molecule has 0 heterocycles. The van der Waals surface area contributed by atoms with Gasteiger partial charge in [-0.15, -0.1) is 0 Å². The number of rotatable bonds is 5. The van der Waals surface area contributed by atoms with Gasteiger partial charge in [-0.05, 0) is 30.5 Å². The lowest BCUT2D eigenvalue weighted by Crippen LogP contribution is -2.38. The first-order valence-corrected chi connectivity index (χ1v) is 8.29. The van der Waals surface area contributed by atoms with Crippen LogP contribution in [0, 0.1) is 0 Å². The van der Waals surface area contributed by atoms with Crippen molar-refractivity contribution in [2.24, 2.45) is 5.10 Å². The zero-order chi connectivity index (χ0) is 15.8. The number of benzene rings is 1. The molecule has 0 saturated heterocycles. The molecule has 0 spiro atoms. The molecule has 2 amide bonds. The summed E-state index contributed by atoms with van der Waals surface area (Å²) < 4.78 is 0.939. The van der Waals surface area contributed by atoms with Gasteiger partial charge in [0.1, 0.15) is 6.42 Å². The van der Waals surface area contributed by atoms with Crippen LogP contribution in [0.5, 0.6) is 0 Å². The van der Waals surface area contributed by atoms with Crippen molar-refractivity contribution >= 4 is 34.0 Å². The molecule has 1 fully saturated rings. The van der Waals surface area contributed by atoms with E-state index in [2.05, 4.69) is 31.8 Å². The Morgan fingerprint density at radius 1 is 1.23 bits per heavy atom. The Morgan fingerprint density at radius 3 is 2.73 bits per heavy atom. The van der Waals surface area contributed by atoms with Crippen LogP contribution in [0.15, 0.2) is 33.8 Å². The van der Waals surface area contributed by atoms with Gasteiger partial charge in [0.2, 0.25) is 11.8 Å². The van der Waals surface area contributed by atoms with Crippen LogP contribution in [0.4, 0.5) is 0 Å². The molecule has 0 aliphatic heterocycles. The van der Waals surface area contributed by atoms with E-state index in [1.54, 1.807) is 6.21 Å². The van der Waals surface area contributed by atoms with E-state index >= 15 is 0 Å². The number of amides is 2. The largest absolute Gasteiger partial charge is 0.353 e. The SMILES string of the molecule is O=C(CC(=O)NC1CCCCC1)N/N=C\c1cccc(Br)c1. The van der Waals surface area contributed by atoms with Crippen molar-refractivity contribution in [3.63, 3.8) is 0 Å². The van der Waals surface area contributed by atoms with Crippen LogP contribution in [-0.4, -0.2) is 24.1 Å². The molecular weight excluding hydrogens is 346 g/mol. The highest BCUT2D eigenvalue weighted by atomic mass is 79.9. The molecule has 1 aliphatic carbocycles. The Morgan fingerprint density at radius 2 is 2.00 bits per heavy atom. The van der Waals surface area contributed by atoms with E-state index in [0.717, 1.165) is 35.7 Å². The van der Waals surface area contributed by atoms with Gasteiger partial charge in [-0.3, -0.25) is 9.59 Å². The Hall–Kier alpha value is -1.69. The van der Waals surface area contributed by atoms with Gasteiger partial charge < -0.3 is 5.32 Å². The standard InChI is InChI=1S/C16H20BrN3O2/c17-13-6-4-5-12(9-13)11-18-20-16(22)10-15(21)19-14-7-2-1-3-8-14/h4-6,9,11,14H,1-3,7-8,10H2,(H,19,21)(H,20,22)/b18-11-. The van der Waals surface area contributed by atoms with E-state index < -0.39 is 5.91 Å². The fraction of sp³-hybridized carbons (Fsp3) is 0.438. The summed E-state index contributed by atoms with van der Waals surface area (Å²) in [5.41, 5.74) is 3.24. The number of nitrogens with zero attached hydrogens (tertiary/aromatic N) is 1. The van der Waals surface area contributed by atoms with E-state index in [1.807, 2.05) is 24.3 Å². The molecule has 22 heavy (non-hydrogen) atoms. The van der Waals surface area contributed by atoms with Crippen LogP contribution in [0.2, 0.25) is 0 Å². The summed E-state index contributed by atoms with van der Waals surface area (Å²) in [6.45, 7) is 0. The lowest BCUT2D eigenvalue weighted by Gasteiger charge is -2.22. The molecule has 2 rings (SSSR count). The highest BCUT2D eigenvalue weighted by Crippen LogP contribution is 2.17. The monoisotopic (exact) mass is 365 g/mol. The van der Waals surface area contributed by atoms with Gasteiger partial charge in [-0.1, -0.05) is 47.3 Å².